The van der Waals surface area contributed by atoms with Crippen LogP contribution in [-0.2, 0) is 16.7 Å². The average molecular weight is 297 g/mol. The van der Waals surface area contributed by atoms with Gasteiger partial charge in [0.25, 0.3) is 0 Å². The number of rotatable bonds is 4. The standard InChI is InChI=1S/C15H27N3OS/c1-11(2)16-10-12-13(15(3,4)5)17-14(20-12)18-6-8-19-9-7-18/h11,16H,6-10H2,1-5H3. The van der Waals surface area contributed by atoms with E-state index in [1.807, 2.05) is 11.3 Å². The predicted molar refractivity (Wildman–Crippen MR) is 85.8 cm³/mol. The Morgan fingerprint density at radius 1 is 1.30 bits per heavy atom. The minimum Gasteiger partial charge on any atom is -0.378 e. The highest BCUT2D eigenvalue weighted by Gasteiger charge is 2.25. The lowest BCUT2D eigenvalue weighted by atomic mass is 9.91. The summed E-state index contributed by atoms with van der Waals surface area (Å²) >= 11 is 1.83. The molecule has 0 amide bonds. The molecule has 1 aliphatic heterocycles. The Balaban J connectivity index is 2.21. The molecule has 0 bridgehead atoms. The molecule has 1 N–H and O–H groups in total. The van der Waals surface area contributed by atoms with Crippen LogP contribution in [0.3, 0.4) is 0 Å². The van der Waals surface area contributed by atoms with E-state index in [2.05, 4.69) is 44.8 Å². The number of hydrogen-bond donors (Lipinski definition) is 1. The average Bonchev–Trinajstić information content (AvgIpc) is 2.81. The van der Waals surface area contributed by atoms with Gasteiger partial charge >= 0.3 is 0 Å². The Labute approximate surface area is 126 Å². The minimum absolute atomic E-state index is 0.0923. The summed E-state index contributed by atoms with van der Waals surface area (Å²) in [7, 11) is 0. The lowest BCUT2D eigenvalue weighted by Crippen LogP contribution is -2.36. The van der Waals surface area contributed by atoms with Crippen LogP contribution in [0.15, 0.2) is 0 Å². The molecule has 0 unspecified atom stereocenters. The fourth-order valence-electron chi connectivity index (χ4n) is 2.23. The van der Waals surface area contributed by atoms with Crippen molar-refractivity contribution in [2.45, 2.75) is 52.6 Å². The van der Waals surface area contributed by atoms with Gasteiger partial charge in [0, 0.05) is 36.0 Å². The highest BCUT2D eigenvalue weighted by Crippen LogP contribution is 2.34. The normalized spacial score (nSPS) is 17.0. The van der Waals surface area contributed by atoms with Gasteiger partial charge in [-0.3, -0.25) is 0 Å². The van der Waals surface area contributed by atoms with Crippen LogP contribution in [0.5, 0.6) is 0 Å². The molecule has 4 nitrogen and oxygen atoms in total. The molecule has 1 saturated heterocycles. The first-order valence-corrected chi connectivity index (χ1v) is 8.26. The summed E-state index contributed by atoms with van der Waals surface area (Å²) in [5, 5.41) is 4.67. The lowest BCUT2D eigenvalue weighted by Gasteiger charge is -2.26. The zero-order valence-corrected chi connectivity index (χ0v) is 14.1. The largest absolute Gasteiger partial charge is 0.378 e. The summed E-state index contributed by atoms with van der Waals surface area (Å²) in [4.78, 5) is 8.65. The van der Waals surface area contributed by atoms with E-state index < -0.39 is 0 Å². The Bertz CT molecular complexity index is 431. The van der Waals surface area contributed by atoms with Gasteiger partial charge in [-0.2, -0.15) is 0 Å². The van der Waals surface area contributed by atoms with Gasteiger partial charge in [0.1, 0.15) is 0 Å². The van der Waals surface area contributed by atoms with Gasteiger partial charge in [0.05, 0.1) is 18.9 Å². The Kier molecular flexibility index (Phi) is 5.04. The Morgan fingerprint density at radius 2 is 1.95 bits per heavy atom. The molecule has 2 heterocycles. The van der Waals surface area contributed by atoms with Crippen molar-refractivity contribution in [2.24, 2.45) is 0 Å². The molecule has 5 heteroatoms. The number of nitrogens with one attached hydrogen (secondary N) is 1. The van der Waals surface area contributed by atoms with Crippen molar-refractivity contribution in [2.75, 3.05) is 31.2 Å². The van der Waals surface area contributed by atoms with Gasteiger partial charge in [0.15, 0.2) is 5.13 Å². The van der Waals surface area contributed by atoms with Crippen LogP contribution in [0.4, 0.5) is 5.13 Å². The molecule has 2 rings (SSSR count). The maximum absolute atomic E-state index is 5.43. The van der Waals surface area contributed by atoms with Crippen LogP contribution in [0, 0.1) is 0 Å². The predicted octanol–water partition coefficient (Wildman–Crippen LogP) is 2.78. The molecular weight excluding hydrogens is 270 g/mol. The smallest absolute Gasteiger partial charge is 0.186 e. The molecule has 1 aromatic heterocycles. The first-order valence-electron chi connectivity index (χ1n) is 7.44. The number of anilines is 1. The van der Waals surface area contributed by atoms with E-state index in [-0.39, 0.29) is 5.41 Å². The Morgan fingerprint density at radius 3 is 2.50 bits per heavy atom. The summed E-state index contributed by atoms with van der Waals surface area (Å²) < 4.78 is 5.43. The second kappa shape index (κ2) is 6.41. The fraction of sp³-hybridized carbons (Fsp3) is 0.800. The van der Waals surface area contributed by atoms with Crippen LogP contribution < -0.4 is 10.2 Å². The van der Waals surface area contributed by atoms with Gasteiger partial charge in [0.2, 0.25) is 0 Å². The van der Waals surface area contributed by atoms with Crippen molar-refractivity contribution in [3.05, 3.63) is 10.6 Å². The van der Waals surface area contributed by atoms with Crippen LogP contribution in [0.2, 0.25) is 0 Å². The zero-order chi connectivity index (χ0) is 14.8. The monoisotopic (exact) mass is 297 g/mol. The minimum atomic E-state index is 0.0923. The third-order valence-electron chi connectivity index (χ3n) is 3.35. The quantitative estimate of drug-likeness (QED) is 0.927. The van der Waals surface area contributed by atoms with Gasteiger partial charge in [-0.05, 0) is 0 Å². The molecule has 20 heavy (non-hydrogen) atoms. The van der Waals surface area contributed by atoms with Crippen LogP contribution in [0.25, 0.3) is 0 Å². The molecule has 114 valence electrons. The van der Waals surface area contributed by atoms with E-state index in [1.165, 1.54) is 10.6 Å². The molecule has 0 saturated carbocycles. The number of morpholine rings is 1. The van der Waals surface area contributed by atoms with Crippen molar-refractivity contribution < 1.29 is 4.74 Å². The van der Waals surface area contributed by atoms with Crippen molar-refractivity contribution >= 4 is 16.5 Å². The molecule has 0 atom stereocenters. The molecular formula is C15H27N3OS. The van der Waals surface area contributed by atoms with Crippen LogP contribution in [0.1, 0.15) is 45.2 Å². The van der Waals surface area contributed by atoms with E-state index in [0.29, 0.717) is 6.04 Å². The number of nitrogens with zero attached hydrogens (tertiary/aromatic N) is 2. The second-order valence-corrected chi connectivity index (χ2v) is 7.72. The summed E-state index contributed by atoms with van der Waals surface area (Å²) in [5.41, 5.74) is 1.33. The van der Waals surface area contributed by atoms with Gasteiger partial charge < -0.3 is 15.0 Å². The van der Waals surface area contributed by atoms with Gasteiger partial charge in [-0.15, -0.1) is 11.3 Å². The number of thiazole rings is 1. The third kappa shape index (κ3) is 3.93. The molecule has 1 fully saturated rings. The summed E-state index contributed by atoms with van der Waals surface area (Å²) in [5.74, 6) is 0. The number of hydrogen-bond acceptors (Lipinski definition) is 5. The third-order valence-corrected chi connectivity index (χ3v) is 4.47. The van der Waals surface area contributed by atoms with E-state index in [9.17, 15) is 0 Å². The first kappa shape index (κ1) is 15.7. The highest BCUT2D eigenvalue weighted by molar-refractivity contribution is 7.15. The Hall–Kier alpha value is -0.650. The van der Waals surface area contributed by atoms with Crippen molar-refractivity contribution in [1.29, 1.82) is 0 Å². The van der Waals surface area contributed by atoms with E-state index in [4.69, 9.17) is 9.72 Å². The van der Waals surface area contributed by atoms with Gasteiger partial charge in [-0.1, -0.05) is 34.6 Å². The van der Waals surface area contributed by atoms with Crippen molar-refractivity contribution in [1.82, 2.24) is 10.3 Å². The SMILES string of the molecule is CC(C)NCc1sc(N2CCOCC2)nc1C(C)(C)C. The lowest BCUT2D eigenvalue weighted by molar-refractivity contribution is 0.122. The van der Waals surface area contributed by atoms with E-state index in [1.54, 1.807) is 0 Å². The summed E-state index contributed by atoms with van der Waals surface area (Å²) in [6.07, 6.45) is 0. The molecule has 0 aliphatic carbocycles. The zero-order valence-electron chi connectivity index (χ0n) is 13.3. The molecule has 0 spiro atoms. The fourth-order valence-corrected chi connectivity index (χ4v) is 3.50. The number of ether oxygens (including phenoxy) is 1. The maximum atomic E-state index is 5.43. The topological polar surface area (TPSA) is 37.4 Å². The summed E-state index contributed by atoms with van der Waals surface area (Å²) in [6.45, 7) is 15.5. The molecule has 0 aromatic carbocycles. The van der Waals surface area contributed by atoms with Crippen LogP contribution in [-0.4, -0.2) is 37.3 Å². The second-order valence-electron chi connectivity index (χ2n) is 6.65. The molecule has 0 radical (unpaired) electrons. The van der Waals surface area contributed by atoms with E-state index >= 15 is 0 Å². The van der Waals surface area contributed by atoms with E-state index in [0.717, 1.165) is 38.0 Å². The first-order chi connectivity index (χ1) is 9.38. The van der Waals surface area contributed by atoms with Crippen LogP contribution >= 0.6 is 11.3 Å². The number of aromatic nitrogens is 1. The molecule has 1 aromatic rings. The maximum Gasteiger partial charge on any atom is 0.186 e. The van der Waals surface area contributed by atoms with Gasteiger partial charge in [-0.25, -0.2) is 4.98 Å². The highest BCUT2D eigenvalue weighted by atomic mass is 32.1. The van der Waals surface area contributed by atoms with Crippen molar-refractivity contribution in [3.63, 3.8) is 0 Å². The molecule has 1 aliphatic rings. The van der Waals surface area contributed by atoms with Crippen molar-refractivity contribution in [3.8, 4) is 0 Å². The summed E-state index contributed by atoms with van der Waals surface area (Å²) in [6, 6.07) is 0.497.